The molecular weight excluding hydrogens is 252 g/mol. The Morgan fingerprint density at radius 2 is 1.63 bits per heavy atom. The van der Waals surface area contributed by atoms with Crippen LogP contribution >= 0.6 is 12.2 Å². The van der Waals surface area contributed by atoms with Crippen molar-refractivity contribution in [2.24, 2.45) is 5.73 Å². The first-order valence-corrected chi connectivity index (χ1v) is 6.68. The van der Waals surface area contributed by atoms with Gasteiger partial charge < -0.3 is 10.6 Å². The van der Waals surface area contributed by atoms with Crippen LogP contribution in [0.1, 0.15) is 24.1 Å². The van der Waals surface area contributed by atoms with E-state index >= 15 is 0 Å². The molecule has 0 bridgehead atoms. The number of rotatable bonds is 4. The van der Waals surface area contributed by atoms with Crippen molar-refractivity contribution in [1.29, 1.82) is 0 Å². The van der Waals surface area contributed by atoms with Gasteiger partial charge in [-0.2, -0.15) is 0 Å². The maximum atomic E-state index is 5.80. The second-order valence-corrected chi connectivity index (χ2v) is 5.02. The normalized spacial score (nSPS) is 11.9. The molecule has 19 heavy (non-hydrogen) atoms. The van der Waals surface area contributed by atoms with E-state index in [0.717, 1.165) is 11.3 Å². The van der Waals surface area contributed by atoms with Gasteiger partial charge in [0.2, 0.25) is 0 Å². The van der Waals surface area contributed by atoms with Gasteiger partial charge in [0.1, 0.15) is 4.99 Å². The third-order valence-electron chi connectivity index (χ3n) is 3.41. The fourth-order valence-electron chi connectivity index (χ4n) is 2.15. The molecule has 0 spiro atoms. The first kappa shape index (κ1) is 13.6. The van der Waals surface area contributed by atoms with Crippen LogP contribution in [0.4, 0.5) is 5.69 Å². The Hall–Kier alpha value is -1.87. The lowest BCUT2D eigenvalue weighted by molar-refractivity contribution is 0.739. The van der Waals surface area contributed by atoms with Crippen molar-refractivity contribution in [1.82, 2.24) is 0 Å². The third-order valence-corrected chi connectivity index (χ3v) is 3.63. The van der Waals surface area contributed by atoms with Gasteiger partial charge in [-0.1, -0.05) is 54.7 Å². The molecule has 0 aliphatic heterocycles. The van der Waals surface area contributed by atoms with Crippen molar-refractivity contribution < 1.29 is 0 Å². The van der Waals surface area contributed by atoms with E-state index in [0.29, 0.717) is 4.99 Å². The smallest absolute Gasteiger partial charge is 0.106 e. The van der Waals surface area contributed by atoms with Gasteiger partial charge in [-0.15, -0.1) is 0 Å². The van der Waals surface area contributed by atoms with Crippen molar-refractivity contribution in [3.63, 3.8) is 0 Å². The third kappa shape index (κ3) is 2.93. The molecule has 0 aliphatic carbocycles. The second kappa shape index (κ2) is 5.85. The van der Waals surface area contributed by atoms with E-state index in [1.165, 1.54) is 5.56 Å². The van der Waals surface area contributed by atoms with Crippen LogP contribution in [-0.4, -0.2) is 12.0 Å². The van der Waals surface area contributed by atoms with Crippen molar-refractivity contribution in [3.05, 3.63) is 65.7 Å². The summed E-state index contributed by atoms with van der Waals surface area (Å²) >= 11 is 5.12. The molecule has 2 N–H and O–H groups in total. The Bertz CT molecular complexity index is 566. The molecule has 0 heterocycles. The van der Waals surface area contributed by atoms with E-state index in [2.05, 4.69) is 43.1 Å². The minimum Gasteiger partial charge on any atom is -0.389 e. The van der Waals surface area contributed by atoms with Gasteiger partial charge in [0.05, 0.1) is 6.04 Å². The second-order valence-electron chi connectivity index (χ2n) is 4.58. The maximum Gasteiger partial charge on any atom is 0.106 e. The van der Waals surface area contributed by atoms with Gasteiger partial charge in [-0.3, -0.25) is 0 Å². The number of anilines is 1. The molecule has 2 rings (SSSR count). The summed E-state index contributed by atoms with van der Waals surface area (Å²) in [7, 11) is 2.06. The molecule has 0 saturated heterocycles. The van der Waals surface area contributed by atoms with E-state index < -0.39 is 0 Å². The predicted octanol–water partition coefficient (Wildman–Crippen LogP) is 3.52. The highest BCUT2D eigenvalue weighted by Gasteiger charge is 2.15. The summed E-state index contributed by atoms with van der Waals surface area (Å²) in [6.07, 6.45) is 0. The molecule has 0 fully saturated rings. The summed E-state index contributed by atoms with van der Waals surface area (Å²) in [6, 6.07) is 18.6. The number of benzene rings is 2. The Labute approximate surface area is 119 Å². The summed E-state index contributed by atoms with van der Waals surface area (Å²) in [5.74, 6) is 0. The van der Waals surface area contributed by atoms with Crippen LogP contribution in [-0.2, 0) is 0 Å². The Morgan fingerprint density at radius 1 is 1.05 bits per heavy atom. The van der Waals surface area contributed by atoms with E-state index in [-0.39, 0.29) is 6.04 Å². The van der Waals surface area contributed by atoms with Crippen LogP contribution in [0.5, 0.6) is 0 Å². The SMILES string of the molecule is CC(c1ccccc1)N(C)c1ccccc1C(N)=S. The van der Waals surface area contributed by atoms with Gasteiger partial charge in [-0.25, -0.2) is 0 Å². The molecule has 0 aliphatic rings. The molecule has 0 radical (unpaired) electrons. The fraction of sp³-hybridized carbons (Fsp3) is 0.188. The monoisotopic (exact) mass is 270 g/mol. The van der Waals surface area contributed by atoms with Gasteiger partial charge in [0, 0.05) is 18.3 Å². The molecule has 1 atom stereocenters. The van der Waals surface area contributed by atoms with E-state index in [1.807, 2.05) is 30.3 Å². The minimum absolute atomic E-state index is 0.261. The number of nitrogens with two attached hydrogens (primary N) is 1. The van der Waals surface area contributed by atoms with Crippen LogP contribution in [0, 0.1) is 0 Å². The molecule has 0 amide bonds. The quantitative estimate of drug-likeness (QED) is 0.862. The van der Waals surface area contributed by atoms with E-state index in [9.17, 15) is 0 Å². The van der Waals surface area contributed by atoms with Crippen molar-refractivity contribution in [3.8, 4) is 0 Å². The van der Waals surface area contributed by atoms with Crippen LogP contribution < -0.4 is 10.6 Å². The topological polar surface area (TPSA) is 29.3 Å². The molecule has 0 saturated carbocycles. The molecule has 2 nitrogen and oxygen atoms in total. The number of hydrogen-bond acceptors (Lipinski definition) is 2. The Kier molecular flexibility index (Phi) is 4.17. The molecule has 98 valence electrons. The minimum atomic E-state index is 0.261. The molecule has 2 aromatic rings. The van der Waals surface area contributed by atoms with Gasteiger partial charge in [0.15, 0.2) is 0 Å². The van der Waals surface area contributed by atoms with Crippen LogP contribution in [0.15, 0.2) is 54.6 Å². The summed E-state index contributed by atoms with van der Waals surface area (Å²) in [6.45, 7) is 2.17. The first-order valence-electron chi connectivity index (χ1n) is 6.28. The summed E-state index contributed by atoms with van der Waals surface area (Å²) < 4.78 is 0. The zero-order valence-electron chi connectivity index (χ0n) is 11.2. The summed E-state index contributed by atoms with van der Waals surface area (Å²) in [5.41, 5.74) is 9.04. The van der Waals surface area contributed by atoms with Crippen LogP contribution in [0.3, 0.4) is 0 Å². The Balaban J connectivity index is 2.34. The number of thiocarbonyl (C=S) groups is 1. The van der Waals surface area contributed by atoms with Crippen LogP contribution in [0.2, 0.25) is 0 Å². The highest BCUT2D eigenvalue weighted by atomic mass is 32.1. The lowest BCUT2D eigenvalue weighted by atomic mass is 10.1. The van der Waals surface area contributed by atoms with Gasteiger partial charge in [-0.05, 0) is 24.6 Å². The van der Waals surface area contributed by atoms with E-state index in [1.54, 1.807) is 0 Å². The number of nitrogens with zero attached hydrogens (tertiary/aromatic N) is 1. The van der Waals surface area contributed by atoms with Crippen molar-refractivity contribution >= 4 is 22.9 Å². The highest BCUT2D eigenvalue weighted by Crippen LogP contribution is 2.27. The highest BCUT2D eigenvalue weighted by molar-refractivity contribution is 7.80. The largest absolute Gasteiger partial charge is 0.389 e. The molecular formula is C16H18N2S. The zero-order valence-corrected chi connectivity index (χ0v) is 12.0. The van der Waals surface area contributed by atoms with Gasteiger partial charge in [0.25, 0.3) is 0 Å². The standard InChI is InChI=1S/C16H18N2S/c1-12(13-8-4-3-5-9-13)18(2)15-11-7-6-10-14(15)16(17)19/h3-12H,1-2H3,(H2,17,19). The summed E-state index contributed by atoms with van der Waals surface area (Å²) in [4.78, 5) is 2.63. The fourth-order valence-corrected chi connectivity index (χ4v) is 2.33. The molecule has 0 aromatic heterocycles. The molecule has 1 unspecified atom stereocenters. The molecule has 2 aromatic carbocycles. The lowest BCUT2D eigenvalue weighted by Gasteiger charge is -2.29. The van der Waals surface area contributed by atoms with Crippen LogP contribution in [0.25, 0.3) is 0 Å². The van der Waals surface area contributed by atoms with E-state index in [4.69, 9.17) is 18.0 Å². The molecule has 3 heteroatoms. The lowest BCUT2D eigenvalue weighted by Crippen LogP contribution is -2.24. The maximum absolute atomic E-state index is 5.80. The average Bonchev–Trinajstić information content (AvgIpc) is 2.46. The zero-order chi connectivity index (χ0) is 13.8. The van der Waals surface area contributed by atoms with Crippen molar-refractivity contribution in [2.75, 3.05) is 11.9 Å². The van der Waals surface area contributed by atoms with Crippen molar-refractivity contribution in [2.45, 2.75) is 13.0 Å². The average molecular weight is 270 g/mol. The Morgan fingerprint density at radius 3 is 2.26 bits per heavy atom. The predicted molar refractivity (Wildman–Crippen MR) is 85.6 cm³/mol. The van der Waals surface area contributed by atoms with Gasteiger partial charge >= 0.3 is 0 Å². The number of para-hydroxylation sites is 1. The number of hydrogen-bond donors (Lipinski definition) is 1. The first-order chi connectivity index (χ1) is 9.11. The summed E-state index contributed by atoms with van der Waals surface area (Å²) in [5, 5.41) is 0.